The molecule has 5 nitrogen and oxygen atoms in total. The van der Waals surface area contributed by atoms with E-state index in [1.165, 1.54) is 12.1 Å². The Kier molecular flexibility index (Phi) is 3.75. The molecule has 4 rings (SSSR count). The number of nitrogens with zero attached hydrogens (tertiary/aromatic N) is 5. The average molecular weight is 311 g/mol. The van der Waals surface area contributed by atoms with Gasteiger partial charge in [-0.1, -0.05) is 12.1 Å². The maximum absolute atomic E-state index is 13.0. The first-order valence-electron chi connectivity index (χ1n) is 7.92. The second kappa shape index (κ2) is 6.04. The van der Waals surface area contributed by atoms with Crippen molar-refractivity contribution in [1.82, 2.24) is 24.5 Å². The Labute approximate surface area is 133 Å². The van der Waals surface area contributed by atoms with Gasteiger partial charge in [-0.25, -0.2) is 9.37 Å². The molecular formula is C17H18FN5. The van der Waals surface area contributed by atoms with Crippen LogP contribution >= 0.6 is 0 Å². The standard InChI is InChI=1S/C17H18FN5/c18-15-4-2-13(3-5-15)12-22-10-6-14(7-11-22)16-20-21-17-19-8-1-9-23(16)17/h1-5,8-9,14H,6-7,10-12H2. The third-order valence-corrected chi connectivity index (χ3v) is 4.49. The summed E-state index contributed by atoms with van der Waals surface area (Å²) in [6.45, 7) is 2.89. The highest BCUT2D eigenvalue weighted by Crippen LogP contribution is 2.27. The van der Waals surface area contributed by atoms with E-state index in [-0.39, 0.29) is 5.82 Å². The SMILES string of the molecule is Fc1ccc(CN2CCC(c3nnc4ncccn34)CC2)cc1. The molecule has 0 amide bonds. The van der Waals surface area contributed by atoms with Crippen LogP contribution < -0.4 is 0 Å². The van der Waals surface area contributed by atoms with Crippen LogP contribution in [-0.4, -0.2) is 37.6 Å². The first-order valence-corrected chi connectivity index (χ1v) is 7.92. The molecule has 0 N–H and O–H groups in total. The van der Waals surface area contributed by atoms with Gasteiger partial charge >= 0.3 is 0 Å². The minimum absolute atomic E-state index is 0.181. The molecule has 1 aromatic carbocycles. The van der Waals surface area contributed by atoms with Crippen molar-refractivity contribution in [3.63, 3.8) is 0 Å². The molecule has 0 aliphatic carbocycles. The van der Waals surface area contributed by atoms with Crippen molar-refractivity contribution in [2.45, 2.75) is 25.3 Å². The van der Waals surface area contributed by atoms with E-state index in [9.17, 15) is 4.39 Å². The van der Waals surface area contributed by atoms with Crippen molar-refractivity contribution in [2.75, 3.05) is 13.1 Å². The summed E-state index contributed by atoms with van der Waals surface area (Å²) in [5.41, 5.74) is 1.15. The van der Waals surface area contributed by atoms with Gasteiger partial charge in [-0.2, -0.15) is 0 Å². The first kappa shape index (κ1) is 14.3. The molecule has 23 heavy (non-hydrogen) atoms. The highest BCUT2D eigenvalue weighted by Gasteiger charge is 2.24. The summed E-state index contributed by atoms with van der Waals surface area (Å²) in [6.07, 6.45) is 5.81. The van der Waals surface area contributed by atoms with Crippen LogP contribution in [-0.2, 0) is 6.54 Å². The van der Waals surface area contributed by atoms with Gasteiger partial charge < -0.3 is 0 Å². The summed E-state index contributed by atoms with van der Waals surface area (Å²) in [4.78, 5) is 6.63. The molecule has 3 heterocycles. The normalized spacial score (nSPS) is 16.9. The highest BCUT2D eigenvalue weighted by molar-refractivity contribution is 5.27. The summed E-state index contributed by atoms with van der Waals surface area (Å²) in [7, 11) is 0. The Hall–Kier alpha value is -2.34. The second-order valence-corrected chi connectivity index (χ2v) is 6.02. The Balaban J connectivity index is 1.42. The van der Waals surface area contributed by atoms with Gasteiger partial charge in [0.05, 0.1) is 0 Å². The average Bonchev–Trinajstić information content (AvgIpc) is 3.02. The monoisotopic (exact) mass is 311 g/mol. The molecule has 118 valence electrons. The lowest BCUT2D eigenvalue weighted by Gasteiger charge is -2.31. The molecule has 1 aliphatic heterocycles. The van der Waals surface area contributed by atoms with Crippen molar-refractivity contribution < 1.29 is 4.39 Å². The molecular weight excluding hydrogens is 293 g/mol. The van der Waals surface area contributed by atoms with E-state index in [1.807, 2.05) is 28.8 Å². The van der Waals surface area contributed by atoms with Crippen LogP contribution in [0.25, 0.3) is 5.78 Å². The van der Waals surface area contributed by atoms with Crippen LogP contribution in [0.4, 0.5) is 4.39 Å². The number of likely N-dealkylation sites (tertiary alicyclic amines) is 1. The van der Waals surface area contributed by atoms with Gasteiger partial charge in [0, 0.05) is 24.9 Å². The minimum atomic E-state index is -0.181. The lowest BCUT2D eigenvalue weighted by molar-refractivity contribution is 0.201. The fraction of sp³-hybridized carbons (Fsp3) is 0.353. The van der Waals surface area contributed by atoms with Gasteiger partial charge in [-0.15, -0.1) is 10.2 Å². The molecule has 3 aromatic rings. The summed E-state index contributed by atoms with van der Waals surface area (Å²) >= 11 is 0. The Morgan fingerprint density at radius 3 is 2.65 bits per heavy atom. The molecule has 0 spiro atoms. The molecule has 0 bridgehead atoms. The maximum atomic E-state index is 13.0. The van der Waals surface area contributed by atoms with E-state index in [4.69, 9.17) is 0 Å². The van der Waals surface area contributed by atoms with Gasteiger partial charge in [0.1, 0.15) is 11.6 Å². The van der Waals surface area contributed by atoms with E-state index in [2.05, 4.69) is 20.1 Å². The van der Waals surface area contributed by atoms with E-state index in [1.54, 1.807) is 6.20 Å². The number of rotatable bonds is 3. The molecule has 1 fully saturated rings. The molecule has 0 radical (unpaired) electrons. The summed E-state index contributed by atoms with van der Waals surface area (Å²) in [5.74, 6) is 1.91. The molecule has 1 aliphatic rings. The van der Waals surface area contributed by atoms with Crippen LogP contribution in [0.1, 0.15) is 30.1 Å². The van der Waals surface area contributed by atoms with Crippen LogP contribution in [0, 0.1) is 5.82 Å². The zero-order valence-corrected chi connectivity index (χ0v) is 12.8. The van der Waals surface area contributed by atoms with Crippen molar-refractivity contribution in [3.8, 4) is 0 Å². The van der Waals surface area contributed by atoms with Crippen LogP contribution in [0.3, 0.4) is 0 Å². The lowest BCUT2D eigenvalue weighted by atomic mass is 9.95. The Morgan fingerprint density at radius 2 is 1.87 bits per heavy atom. The topological polar surface area (TPSA) is 46.3 Å². The van der Waals surface area contributed by atoms with Crippen molar-refractivity contribution in [1.29, 1.82) is 0 Å². The van der Waals surface area contributed by atoms with E-state index in [0.29, 0.717) is 11.7 Å². The van der Waals surface area contributed by atoms with E-state index >= 15 is 0 Å². The molecule has 0 unspecified atom stereocenters. The Morgan fingerprint density at radius 1 is 1.09 bits per heavy atom. The zero-order valence-electron chi connectivity index (χ0n) is 12.8. The number of aromatic nitrogens is 4. The number of hydrogen-bond acceptors (Lipinski definition) is 4. The van der Waals surface area contributed by atoms with Gasteiger partial charge in [0.15, 0.2) is 0 Å². The van der Waals surface area contributed by atoms with Crippen molar-refractivity contribution >= 4 is 5.78 Å². The molecule has 0 atom stereocenters. The maximum Gasteiger partial charge on any atom is 0.254 e. The lowest BCUT2D eigenvalue weighted by Crippen LogP contribution is -2.33. The largest absolute Gasteiger partial charge is 0.299 e. The number of hydrogen-bond donors (Lipinski definition) is 0. The van der Waals surface area contributed by atoms with Crippen molar-refractivity contribution in [3.05, 3.63) is 59.9 Å². The first-order chi connectivity index (χ1) is 11.3. The number of piperidine rings is 1. The fourth-order valence-corrected chi connectivity index (χ4v) is 3.24. The summed E-state index contributed by atoms with van der Waals surface area (Å²) in [5, 5.41) is 8.47. The molecule has 1 saturated heterocycles. The summed E-state index contributed by atoms with van der Waals surface area (Å²) < 4.78 is 15.0. The van der Waals surface area contributed by atoms with Gasteiger partial charge in [-0.05, 0) is 49.7 Å². The van der Waals surface area contributed by atoms with Gasteiger partial charge in [0.25, 0.3) is 5.78 Å². The van der Waals surface area contributed by atoms with Crippen LogP contribution in [0.15, 0.2) is 42.7 Å². The quantitative estimate of drug-likeness (QED) is 0.746. The third kappa shape index (κ3) is 2.94. The zero-order chi connectivity index (χ0) is 15.6. The van der Waals surface area contributed by atoms with Gasteiger partial charge in [0.2, 0.25) is 0 Å². The smallest absolute Gasteiger partial charge is 0.254 e. The Bertz CT molecular complexity index is 790. The predicted molar refractivity (Wildman–Crippen MR) is 84.4 cm³/mol. The van der Waals surface area contributed by atoms with Crippen LogP contribution in [0.5, 0.6) is 0 Å². The van der Waals surface area contributed by atoms with Crippen LogP contribution in [0.2, 0.25) is 0 Å². The third-order valence-electron chi connectivity index (χ3n) is 4.49. The van der Waals surface area contributed by atoms with E-state index in [0.717, 1.165) is 43.9 Å². The fourth-order valence-electron chi connectivity index (χ4n) is 3.24. The van der Waals surface area contributed by atoms with Gasteiger partial charge in [-0.3, -0.25) is 9.30 Å². The van der Waals surface area contributed by atoms with E-state index < -0.39 is 0 Å². The molecule has 0 saturated carbocycles. The number of halogens is 1. The van der Waals surface area contributed by atoms with Crippen molar-refractivity contribution in [2.24, 2.45) is 0 Å². The second-order valence-electron chi connectivity index (χ2n) is 6.02. The summed E-state index contributed by atoms with van der Waals surface area (Å²) in [6, 6.07) is 8.68. The molecule has 2 aromatic heterocycles. The molecule has 6 heteroatoms. The predicted octanol–water partition coefficient (Wildman–Crippen LogP) is 2.64. The number of fused-ring (bicyclic) bond motifs is 1. The highest BCUT2D eigenvalue weighted by atomic mass is 19.1. The number of benzene rings is 1. The minimum Gasteiger partial charge on any atom is -0.299 e.